The Balaban J connectivity index is 2.61. The first-order valence-corrected chi connectivity index (χ1v) is 3.98. The molecule has 0 aliphatic heterocycles. The van der Waals surface area contributed by atoms with Crippen molar-refractivity contribution >= 4 is 16.9 Å². The third-order valence-electron chi connectivity index (χ3n) is 1.80. The van der Waals surface area contributed by atoms with E-state index in [-0.39, 0.29) is 0 Å². The van der Waals surface area contributed by atoms with E-state index < -0.39 is 0 Å². The van der Waals surface area contributed by atoms with Gasteiger partial charge in [-0.3, -0.25) is 0 Å². The fraction of sp³-hybridized carbons (Fsp3) is 0.111. The van der Waals surface area contributed by atoms with E-state index in [0.717, 1.165) is 11.2 Å². The van der Waals surface area contributed by atoms with Crippen molar-refractivity contribution in [3.05, 3.63) is 31.2 Å². The van der Waals surface area contributed by atoms with Crippen LogP contribution in [0.4, 0.5) is 5.69 Å². The van der Waals surface area contributed by atoms with Gasteiger partial charge in [-0.05, 0) is 6.07 Å². The van der Waals surface area contributed by atoms with Gasteiger partial charge in [0.2, 0.25) is 0 Å². The summed E-state index contributed by atoms with van der Waals surface area (Å²) in [7, 11) is 0. The second-order valence-corrected chi connectivity index (χ2v) is 2.80. The Morgan fingerprint density at radius 2 is 2.38 bits per heavy atom. The lowest BCUT2D eigenvalue weighted by Crippen LogP contribution is -1.94. The minimum Gasteiger partial charge on any atom is -0.397 e. The number of aromatic nitrogens is 3. The normalized spacial score (nSPS) is 10.5. The summed E-state index contributed by atoms with van der Waals surface area (Å²) in [5.74, 6) is 0. The molecule has 0 unspecified atom stereocenters. The number of fused-ring (bicyclic) bond motifs is 1. The molecule has 0 radical (unpaired) electrons. The van der Waals surface area contributed by atoms with Crippen LogP contribution in [0.1, 0.15) is 0 Å². The lowest BCUT2D eigenvalue weighted by molar-refractivity contribution is 0.839. The van der Waals surface area contributed by atoms with Crippen molar-refractivity contribution < 1.29 is 0 Å². The van der Waals surface area contributed by atoms with E-state index in [2.05, 4.69) is 16.5 Å². The molecule has 66 valence electrons. The van der Waals surface area contributed by atoms with E-state index in [4.69, 9.17) is 5.73 Å². The van der Waals surface area contributed by atoms with E-state index in [1.807, 2.05) is 10.6 Å². The van der Waals surface area contributed by atoms with Crippen LogP contribution in [-0.2, 0) is 6.54 Å². The average Bonchev–Trinajstić information content (AvgIpc) is 2.49. The molecule has 2 heterocycles. The zero-order chi connectivity index (χ0) is 9.26. The van der Waals surface area contributed by atoms with Gasteiger partial charge in [0, 0.05) is 6.54 Å². The SMILES string of the molecule is C=CCn1cnc2cc(N)cnc21. The highest BCUT2D eigenvalue weighted by Crippen LogP contribution is 2.12. The van der Waals surface area contributed by atoms with Crippen molar-refractivity contribution in [1.82, 2.24) is 14.5 Å². The number of anilines is 1. The molecule has 0 aromatic carbocycles. The largest absolute Gasteiger partial charge is 0.397 e. The Kier molecular flexibility index (Phi) is 1.73. The van der Waals surface area contributed by atoms with Gasteiger partial charge >= 0.3 is 0 Å². The predicted molar refractivity (Wildman–Crippen MR) is 52.1 cm³/mol. The maximum absolute atomic E-state index is 5.58. The van der Waals surface area contributed by atoms with Crippen molar-refractivity contribution in [3.63, 3.8) is 0 Å². The third kappa shape index (κ3) is 1.26. The van der Waals surface area contributed by atoms with Crippen LogP contribution < -0.4 is 5.73 Å². The molecular formula is C9H10N4. The van der Waals surface area contributed by atoms with Crippen molar-refractivity contribution in [2.24, 2.45) is 0 Å². The molecule has 0 fully saturated rings. The number of nitrogens with zero attached hydrogens (tertiary/aromatic N) is 3. The first-order valence-electron chi connectivity index (χ1n) is 3.98. The van der Waals surface area contributed by atoms with Crippen LogP contribution in [0.2, 0.25) is 0 Å². The number of pyridine rings is 1. The molecule has 0 aliphatic rings. The Hall–Kier alpha value is -1.84. The highest BCUT2D eigenvalue weighted by molar-refractivity contribution is 5.74. The summed E-state index contributed by atoms with van der Waals surface area (Å²) in [6.07, 6.45) is 5.17. The summed E-state index contributed by atoms with van der Waals surface area (Å²) in [5, 5.41) is 0. The fourth-order valence-corrected chi connectivity index (χ4v) is 1.24. The molecule has 0 bridgehead atoms. The van der Waals surface area contributed by atoms with Gasteiger partial charge < -0.3 is 10.3 Å². The molecule has 2 rings (SSSR count). The van der Waals surface area contributed by atoms with Crippen LogP contribution in [-0.4, -0.2) is 14.5 Å². The van der Waals surface area contributed by atoms with Crippen LogP contribution in [0.5, 0.6) is 0 Å². The molecule has 4 nitrogen and oxygen atoms in total. The highest BCUT2D eigenvalue weighted by atomic mass is 15.1. The number of imidazole rings is 1. The number of rotatable bonds is 2. The summed E-state index contributed by atoms with van der Waals surface area (Å²) >= 11 is 0. The summed E-state index contributed by atoms with van der Waals surface area (Å²) in [6.45, 7) is 4.37. The Morgan fingerprint density at radius 3 is 3.15 bits per heavy atom. The maximum atomic E-state index is 5.58. The minimum atomic E-state index is 0.636. The zero-order valence-corrected chi connectivity index (χ0v) is 7.14. The van der Waals surface area contributed by atoms with Crippen LogP contribution in [0.3, 0.4) is 0 Å². The predicted octanol–water partition coefficient (Wildman–Crippen LogP) is 1.20. The van der Waals surface area contributed by atoms with Gasteiger partial charge in [0.05, 0.1) is 18.2 Å². The second-order valence-electron chi connectivity index (χ2n) is 2.80. The Labute approximate surface area is 75.7 Å². The van der Waals surface area contributed by atoms with Gasteiger partial charge in [0.25, 0.3) is 0 Å². The van der Waals surface area contributed by atoms with E-state index in [9.17, 15) is 0 Å². The molecule has 0 saturated heterocycles. The van der Waals surface area contributed by atoms with E-state index in [0.29, 0.717) is 12.2 Å². The molecular weight excluding hydrogens is 164 g/mol. The van der Waals surface area contributed by atoms with Gasteiger partial charge in [-0.1, -0.05) is 6.08 Å². The highest BCUT2D eigenvalue weighted by Gasteiger charge is 2.01. The van der Waals surface area contributed by atoms with Crippen LogP contribution >= 0.6 is 0 Å². The minimum absolute atomic E-state index is 0.636. The molecule has 2 aromatic rings. The second kappa shape index (κ2) is 2.90. The van der Waals surface area contributed by atoms with Gasteiger partial charge in [-0.25, -0.2) is 9.97 Å². The lowest BCUT2D eigenvalue weighted by atomic mass is 10.4. The van der Waals surface area contributed by atoms with Crippen molar-refractivity contribution in [2.45, 2.75) is 6.54 Å². The number of hydrogen-bond acceptors (Lipinski definition) is 3. The monoisotopic (exact) mass is 174 g/mol. The summed E-state index contributed by atoms with van der Waals surface area (Å²) in [4.78, 5) is 8.36. The maximum Gasteiger partial charge on any atom is 0.160 e. The van der Waals surface area contributed by atoms with E-state index in [1.54, 1.807) is 18.6 Å². The van der Waals surface area contributed by atoms with Gasteiger partial charge in [0.15, 0.2) is 5.65 Å². The lowest BCUT2D eigenvalue weighted by Gasteiger charge is -1.97. The number of hydrogen-bond donors (Lipinski definition) is 1. The third-order valence-corrected chi connectivity index (χ3v) is 1.80. The van der Waals surface area contributed by atoms with Crippen molar-refractivity contribution in [2.75, 3.05) is 5.73 Å². The van der Waals surface area contributed by atoms with Crippen molar-refractivity contribution in [3.8, 4) is 0 Å². The quantitative estimate of drug-likeness (QED) is 0.696. The molecule has 0 saturated carbocycles. The molecule has 0 aliphatic carbocycles. The summed E-state index contributed by atoms with van der Waals surface area (Å²) < 4.78 is 1.92. The van der Waals surface area contributed by atoms with Crippen LogP contribution in [0, 0.1) is 0 Å². The molecule has 0 atom stereocenters. The van der Waals surface area contributed by atoms with Crippen molar-refractivity contribution in [1.29, 1.82) is 0 Å². The molecule has 2 N–H and O–H groups in total. The van der Waals surface area contributed by atoms with Crippen LogP contribution in [0.15, 0.2) is 31.2 Å². The summed E-state index contributed by atoms with van der Waals surface area (Å²) in [5.41, 5.74) is 7.87. The van der Waals surface area contributed by atoms with Crippen LogP contribution in [0.25, 0.3) is 11.2 Å². The fourth-order valence-electron chi connectivity index (χ4n) is 1.24. The number of allylic oxidation sites excluding steroid dienone is 1. The van der Waals surface area contributed by atoms with E-state index >= 15 is 0 Å². The molecule has 0 amide bonds. The molecule has 4 heteroatoms. The van der Waals surface area contributed by atoms with Gasteiger partial charge in [0.1, 0.15) is 5.52 Å². The Morgan fingerprint density at radius 1 is 1.54 bits per heavy atom. The topological polar surface area (TPSA) is 56.7 Å². The smallest absolute Gasteiger partial charge is 0.160 e. The summed E-state index contributed by atoms with van der Waals surface area (Å²) in [6, 6.07) is 1.81. The van der Waals surface area contributed by atoms with Gasteiger partial charge in [-0.15, -0.1) is 6.58 Å². The standard InChI is InChI=1S/C9H10N4/c1-2-3-13-6-12-8-4-7(10)5-11-9(8)13/h2,4-6H,1,3,10H2. The molecule has 2 aromatic heterocycles. The van der Waals surface area contributed by atoms with Gasteiger partial charge in [-0.2, -0.15) is 0 Å². The Bertz CT molecular complexity index is 444. The first-order chi connectivity index (χ1) is 6.31. The molecule has 13 heavy (non-hydrogen) atoms. The average molecular weight is 174 g/mol. The first kappa shape index (κ1) is 7.79. The van der Waals surface area contributed by atoms with E-state index in [1.165, 1.54) is 0 Å². The molecule has 0 spiro atoms. The zero-order valence-electron chi connectivity index (χ0n) is 7.14. The number of nitrogens with two attached hydrogens (primary N) is 1. The number of nitrogen functional groups attached to an aromatic ring is 1.